The van der Waals surface area contributed by atoms with E-state index in [9.17, 15) is 18.3 Å². The zero-order valence-electron chi connectivity index (χ0n) is 15.2. The highest BCUT2D eigenvalue weighted by Gasteiger charge is 2.38. The Morgan fingerprint density at radius 1 is 1.34 bits per heavy atom. The van der Waals surface area contributed by atoms with Gasteiger partial charge in [0.1, 0.15) is 30.1 Å². The monoisotopic (exact) mass is 427 g/mol. The van der Waals surface area contributed by atoms with Gasteiger partial charge in [-0.3, -0.25) is 9.69 Å². The highest BCUT2D eigenvalue weighted by molar-refractivity contribution is 7.92. The third-order valence-electron chi connectivity index (χ3n) is 4.54. The molecule has 1 aromatic carbocycles. The van der Waals surface area contributed by atoms with Gasteiger partial charge in [0.2, 0.25) is 5.88 Å². The molecule has 0 spiro atoms. The summed E-state index contributed by atoms with van der Waals surface area (Å²) in [4.78, 5) is 21.7. The molecule has 2 aliphatic heterocycles. The van der Waals surface area contributed by atoms with E-state index >= 15 is 4.39 Å². The minimum absolute atomic E-state index is 0.0140. The summed E-state index contributed by atoms with van der Waals surface area (Å²) in [7, 11) is -4.30. The Morgan fingerprint density at radius 2 is 2.10 bits per heavy atom. The van der Waals surface area contributed by atoms with Crippen molar-refractivity contribution < 1.29 is 32.2 Å². The van der Waals surface area contributed by atoms with Crippen LogP contribution in [0.5, 0.6) is 11.6 Å². The Hall–Kier alpha value is -2.77. The van der Waals surface area contributed by atoms with E-state index in [0.29, 0.717) is 30.7 Å². The minimum Gasteiger partial charge on any atom is -0.506 e. The maximum absolute atomic E-state index is 15.1. The number of phenols is 1. The van der Waals surface area contributed by atoms with Crippen molar-refractivity contribution >= 4 is 32.8 Å². The summed E-state index contributed by atoms with van der Waals surface area (Å²) in [6.07, 6.45) is 1.29. The molecule has 0 unspecified atom stereocenters. The van der Waals surface area contributed by atoms with Gasteiger partial charge in [-0.2, -0.15) is 8.42 Å². The van der Waals surface area contributed by atoms with Crippen LogP contribution >= 0.6 is 0 Å². The van der Waals surface area contributed by atoms with Crippen LogP contribution < -0.4 is 13.8 Å². The number of aromatic nitrogens is 2. The number of halogens is 1. The second-order valence-electron chi connectivity index (χ2n) is 6.47. The first-order valence-electron chi connectivity index (χ1n) is 8.79. The standard InChI is InChI=1S/C16H18FN5O6S/c17-14-15-10(7-11(23)16(14)22-9-12(24)20-29(22,25)26)18-8-13(19-15)28-6-3-21-1-4-27-5-2-21/h7-8,23H,1-6,9H2,(H,20,24). The number of benzene rings is 1. The first-order chi connectivity index (χ1) is 13.8. The Kier molecular flexibility index (Phi) is 5.10. The predicted molar refractivity (Wildman–Crippen MR) is 98.3 cm³/mol. The van der Waals surface area contributed by atoms with Crippen LogP contribution in [0.2, 0.25) is 0 Å². The number of nitrogens with one attached hydrogen (secondary N) is 1. The van der Waals surface area contributed by atoms with E-state index in [2.05, 4.69) is 14.9 Å². The second-order valence-corrected chi connectivity index (χ2v) is 8.07. The number of hydrogen-bond donors (Lipinski definition) is 2. The van der Waals surface area contributed by atoms with Crippen molar-refractivity contribution in [2.75, 3.05) is 50.3 Å². The number of amides is 1. The Balaban J connectivity index is 1.59. The van der Waals surface area contributed by atoms with Crippen molar-refractivity contribution in [3.05, 3.63) is 18.1 Å². The van der Waals surface area contributed by atoms with Crippen LogP contribution in [0.1, 0.15) is 0 Å². The molecule has 0 saturated carbocycles. The van der Waals surface area contributed by atoms with Gasteiger partial charge in [0.25, 0.3) is 5.91 Å². The minimum atomic E-state index is -4.30. The van der Waals surface area contributed by atoms with Crippen molar-refractivity contribution in [1.82, 2.24) is 19.6 Å². The lowest BCUT2D eigenvalue weighted by Gasteiger charge is -2.26. The predicted octanol–water partition coefficient (Wildman–Crippen LogP) is -0.634. The molecule has 0 aliphatic carbocycles. The topological polar surface area (TPSA) is 134 Å². The molecular weight excluding hydrogens is 409 g/mol. The van der Waals surface area contributed by atoms with Gasteiger partial charge in [0, 0.05) is 25.7 Å². The van der Waals surface area contributed by atoms with E-state index in [-0.39, 0.29) is 16.9 Å². The van der Waals surface area contributed by atoms with Gasteiger partial charge < -0.3 is 14.6 Å². The van der Waals surface area contributed by atoms with Crippen LogP contribution in [0.15, 0.2) is 12.3 Å². The SMILES string of the molecule is O=C1CN(c2c(O)cc3ncc(OCCN4CCOCC4)nc3c2F)S(=O)(=O)N1. The van der Waals surface area contributed by atoms with Crippen LogP contribution in [0.3, 0.4) is 0 Å². The maximum atomic E-state index is 15.1. The lowest BCUT2D eigenvalue weighted by molar-refractivity contribution is -0.117. The Bertz CT molecular complexity index is 1060. The molecule has 2 N–H and O–H groups in total. The molecule has 0 bridgehead atoms. The number of rotatable bonds is 5. The van der Waals surface area contributed by atoms with Gasteiger partial charge in [-0.15, -0.1) is 0 Å². The van der Waals surface area contributed by atoms with E-state index in [1.165, 1.54) is 6.20 Å². The lowest BCUT2D eigenvalue weighted by Crippen LogP contribution is -2.38. The summed E-state index contributed by atoms with van der Waals surface area (Å²) in [5.41, 5.74) is -0.938. The number of phenolic OH excluding ortho intramolecular Hbond substituents is 1. The number of carbonyl (C=O) groups is 1. The normalized spacial score (nSPS) is 19.5. The Morgan fingerprint density at radius 3 is 2.79 bits per heavy atom. The maximum Gasteiger partial charge on any atom is 0.326 e. The quantitative estimate of drug-likeness (QED) is 0.639. The molecule has 2 aromatic rings. The van der Waals surface area contributed by atoms with Gasteiger partial charge in [0.15, 0.2) is 5.82 Å². The summed E-state index contributed by atoms with van der Waals surface area (Å²) in [6.45, 7) is 3.18. The zero-order chi connectivity index (χ0) is 20.6. The van der Waals surface area contributed by atoms with Crippen molar-refractivity contribution in [2.24, 2.45) is 0 Å². The van der Waals surface area contributed by atoms with E-state index in [4.69, 9.17) is 9.47 Å². The fourth-order valence-electron chi connectivity index (χ4n) is 3.13. The number of aromatic hydroxyl groups is 1. The molecule has 0 atom stereocenters. The first-order valence-corrected chi connectivity index (χ1v) is 10.2. The van der Waals surface area contributed by atoms with E-state index in [0.717, 1.165) is 19.2 Å². The van der Waals surface area contributed by atoms with Gasteiger partial charge in [0.05, 0.1) is 24.9 Å². The van der Waals surface area contributed by atoms with E-state index < -0.39 is 39.9 Å². The van der Waals surface area contributed by atoms with Crippen LogP contribution in [-0.2, 0) is 19.7 Å². The number of nitrogens with zero attached hydrogens (tertiary/aromatic N) is 4. The highest BCUT2D eigenvalue weighted by atomic mass is 32.2. The molecule has 1 amide bonds. The summed E-state index contributed by atoms with van der Waals surface area (Å²) in [6, 6.07) is 1.08. The van der Waals surface area contributed by atoms with Crippen molar-refractivity contribution in [1.29, 1.82) is 0 Å². The van der Waals surface area contributed by atoms with Crippen LogP contribution in [0.4, 0.5) is 10.1 Å². The molecule has 11 nitrogen and oxygen atoms in total. The zero-order valence-corrected chi connectivity index (χ0v) is 16.0. The molecule has 13 heteroatoms. The molecule has 2 aliphatic rings. The van der Waals surface area contributed by atoms with Gasteiger partial charge >= 0.3 is 10.2 Å². The molecule has 1 aromatic heterocycles. The molecule has 29 heavy (non-hydrogen) atoms. The van der Waals surface area contributed by atoms with E-state index in [1.807, 2.05) is 0 Å². The highest BCUT2D eigenvalue weighted by Crippen LogP contribution is 2.37. The Labute approximate surface area is 165 Å². The number of carbonyl (C=O) groups excluding carboxylic acids is 1. The number of fused-ring (bicyclic) bond motifs is 1. The molecule has 4 rings (SSSR count). The summed E-state index contributed by atoms with van der Waals surface area (Å²) < 4.78 is 52.1. The van der Waals surface area contributed by atoms with E-state index in [1.54, 1.807) is 4.72 Å². The van der Waals surface area contributed by atoms with Crippen molar-refractivity contribution in [3.8, 4) is 11.6 Å². The van der Waals surface area contributed by atoms with Crippen LogP contribution in [0, 0.1) is 5.82 Å². The number of morpholine rings is 1. The first kappa shape index (κ1) is 19.5. The van der Waals surface area contributed by atoms with Crippen molar-refractivity contribution in [2.45, 2.75) is 0 Å². The molecule has 3 heterocycles. The summed E-state index contributed by atoms with van der Waals surface area (Å²) in [5, 5.41) is 10.1. The summed E-state index contributed by atoms with van der Waals surface area (Å²) in [5.74, 6) is -2.58. The van der Waals surface area contributed by atoms with Crippen LogP contribution in [0.25, 0.3) is 11.0 Å². The number of anilines is 1. The number of hydrogen-bond acceptors (Lipinski definition) is 9. The molecule has 156 valence electrons. The van der Waals surface area contributed by atoms with Gasteiger partial charge in [-0.1, -0.05) is 0 Å². The number of ether oxygens (including phenoxy) is 2. The van der Waals surface area contributed by atoms with Crippen molar-refractivity contribution in [3.63, 3.8) is 0 Å². The molecule has 0 radical (unpaired) electrons. The van der Waals surface area contributed by atoms with Gasteiger partial charge in [-0.25, -0.2) is 23.4 Å². The average Bonchev–Trinajstić information content (AvgIpc) is 2.95. The average molecular weight is 427 g/mol. The fraction of sp³-hybridized carbons (Fsp3) is 0.438. The largest absolute Gasteiger partial charge is 0.506 e. The summed E-state index contributed by atoms with van der Waals surface area (Å²) >= 11 is 0. The second kappa shape index (κ2) is 7.57. The lowest BCUT2D eigenvalue weighted by atomic mass is 10.2. The molecular formula is C16H18FN5O6S. The molecule has 2 fully saturated rings. The van der Waals surface area contributed by atoms with Crippen LogP contribution in [-0.4, -0.2) is 80.3 Å². The fourth-order valence-corrected chi connectivity index (χ4v) is 4.29. The smallest absolute Gasteiger partial charge is 0.326 e. The third kappa shape index (κ3) is 3.88. The molecule has 2 saturated heterocycles. The third-order valence-corrected chi connectivity index (χ3v) is 5.92. The van der Waals surface area contributed by atoms with Gasteiger partial charge in [-0.05, 0) is 0 Å².